The molecule has 1 aliphatic heterocycles. The molecule has 3 nitrogen and oxygen atoms in total. The van der Waals surface area contributed by atoms with Crippen molar-refractivity contribution < 1.29 is 0 Å². The number of aromatic nitrogens is 2. The number of para-hydroxylation sites is 1. The van der Waals surface area contributed by atoms with Gasteiger partial charge in [-0.2, -0.15) is 0 Å². The Balaban J connectivity index is 1.88. The van der Waals surface area contributed by atoms with Gasteiger partial charge in [0.2, 0.25) is 0 Å². The summed E-state index contributed by atoms with van der Waals surface area (Å²) < 4.78 is 2.09. The maximum atomic E-state index is 4.12. The van der Waals surface area contributed by atoms with Crippen LogP contribution in [0.5, 0.6) is 0 Å². The highest BCUT2D eigenvalue weighted by Crippen LogP contribution is 2.20. The van der Waals surface area contributed by atoms with Gasteiger partial charge in [-0.05, 0) is 43.5 Å². The molecule has 1 saturated heterocycles. The second-order valence-corrected chi connectivity index (χ2v) is 4.66. The predicted molar refractivity (Wildman–Crippen MR) is 68.2 cm³/mol. The summed E-state index contributed by atoms with van der Waals surface area (Å²) in [7, 11) is 0. The highest BCUT2D eigenvalue weighted by molar-refractivity contribution is 5.41. The lowest BCUT2D eigenvalue weighted by molar-refractivity contribution is 0.579. The van der Waals surface area contributed by atoms with Crippen molar-refractivity contribution in [1.29, 1.82) is 0 Å². The van der Waals surface area contributed by atoms with E-state index < -0.39 is 0 Å². The fourth-order valence-corrected chi connectivity index (χ4v) is 2.54. The van der Waals surface area contributed by atoms with Crippen molar-refractivity contribution in [2.75, 3.05) is 13.1 Å². The number of benzene rings is 1. The van der Waals surface area contributed by atoms with Crippen molar-refractivity contribution in [3.8, 4) is 5.69 Å². The minimum atomic E-state index is 0.777. The minimum absolute atomic E-state index is 0.777. The van der Waals surface area contributed by atoms with Crippen LogP contribution in [0.25, 0.3) is 5.69 Å². The van der Waals surface area contributed by atoms with E-state index in [2.05, 4.69) is 39.1 Å². The van der Waals surface area contributed by atoms with E-state index in [1.807, 2.05) is 18.7 Å². The summed E-state index contributed by atoms with van der Waals surface area (Å²) in [5, 5.41) is 3.43. The molecule has 0 radical (unpaired) electrons. The first-order chi connectivity index (χ1) is 8.43. The van der Waals surface area contributed by atoms with Gasteiger partial charge in [0.25, 0.3) is 0 Å². The van der Waals surface area contributed by atoms with Gasteiger partial charge < -0.3 is 9.88 Å². The first-order valence-corrected chi connectivity index (χ1v) is 6.20. The molecule has 1 unspecified atom stereocenters. The molecule has 1 fully saturated rings. The Labute approximate surface area is 101 Å². The van der Waals surface area contributed by atoms with Crippen LogP contribution in [0.2, 0.25) is 0 Å². The number of nitrogens with zero attached hydrogens (tertiary/aromatic N) is 2. The summed E-state index contributed by atoms with van der Waals surface area (Å²) in [5.74, 6) is 0.777. The van der Waals surface area contributed by atoms with E-state index >= 15 is 0 Å². The van der Waals surface area contributed by atoms with Crippen LogP contribution in [0.3, 0.4) is 0 Å². The zero-order valence-electron chi connectivity index (χ0n) is 9.84. The van der Waals surface area contributed by atoms with E-state index in [9.17, 15) is 0 Å². The normalized spacial score (nSPS) is 19.6. The van der Waals surface area contributed by atoms with Gasteiger partial charge in [-0.15, -0.1) is 0 Å². The molecule has 1 aliphatic rings. The van der Waals surface area contributed by atoms with E-state index in [1.165, 1.54) is 17.7 Å². The summed E-state index contributed by atoms with van der Waals surface area (Å²) in [6, 6.07) is 8.61. The highest BCUT2D eigenvalue weighted by Gasteiger charge is 2.16. The van der Waals surface area contributed by atoms with Gasteiger partial charge in [0.15, 0.2) is 0 Å². The highest BCUT2D eigenvalue weighted by atomic mass is 15.0. The quantitative estimate of drug-likeness (QED) is 0.869. The van der Waals surface area contributed by atoms with Gasteiger partial charge >= 0.3 is 0 Å². The van der Waals surface area contributed by atoms with Gasteiger partial charge in [-0.25, -0.2) is 4.98 Å². The number of nitrogens with one attached hydrogen (secondary N) is 1. The largest absolute Gasteiger partial charge is 0.316 e. The van der Waals surface area contributed by atoms with E-state index in [0.29, 0.717) is 0 Å². The van der Waals surface area contributed by atoms with Gasteiger partial charge in [0, 0.05) is 18.1 Å². The lowest BCUT2D eigenvalue weighted by Gasteiger charge is -2.13. The molecule has 0 amide bonds. The molecule has 1 aromatic carbocycles. The molecule has 17 heavy (non-hydrogen) atoms. The molecule has 1 aromatic heterocycles. The van der Waals surface area contributed by atoms with E-state index in [-0.39, 0.29) is 0 Å². The lowest BCUT2D eigenvalue weighted by atomic mass is 9.97. The maximum Gasteiger partial charge on any atom is 0.0991 e. The average Bonchev–Trinajstić information content (AvgIpc) is 3.01. The van der Waals surface area contributed by atoms with Crippen molar-refractivity contribution in [2.24, 2.45) is 5.92 Å². The monoisotopic (exact) mass is 227 g/mol. The summed E-state index contributed by atoms with van der Waals surface area (Å²) in [6.07, 6.45) is 8.14. The Bertz CT molecular complexity index is 470. The molecular weight excluding hydrogens is 210 g/mol. The molecular formula is C14H17N3. The van der Waals surface area contributed by atoms with E-state index in [4.69, 9.17) is 0 Å². The fourth-order valence-electron chi connectivity index (χ4n) is 2.54. The summed E-state index contributed by atoms with van der Waals surface area (Å²) in [5.41, 5.74) is 2.68. The third-order valence-electron chi connectivity index (χ3n) is 3.45. The van der Waals surface area contributed by atoms with E-state index in [0.717, 1.165) is 25.4 Å². The predicted octanol–water partition coefficient (Wildman–Crippen LogP) is 2.02. The molecule has 1 N–H and O–H groups in total. The van der Waals surface area contributed by atoms with Crippen molar-refractivity contribution in [1.82, 2.24) is 14.9 Å². The molecule has 0 saturated carbocycles. The standard InChI is InChI=1S/C14H17N3/c1-2-4-14(17-8-7-16-11-17)13(3-1)9-12-5-6-15-10-12/h1-4,7-8,11-12,15H,5-6,9-10H2. The second kappa shape index (κ2) is 4.72. The molecule has 2 heterocycles. The van der Waals surface area contributed by atoms with Crippen LogP contribution in [0, 0.1) is 5.92 Å². The van der Waals surface area contributed by atoms with Crippen LogP contribution < -0.4 is 5.32 Å². The summed E-state index contributed by atoms with van der Waals surface area (Å²) in [4.78, 5) is 4.12. The lowest BCUT2D eigenvalue weighted by Crippen LogP contribution is -2.11. The Morgan fingerprint density at radius 2 is 2.29 bits per heavy atom. The Morgan fingerprint density at radius 1 is 1.35 bits per heavy atom. The molecule has 2 aromatic rings. The number of rotatable bonds is 3. The van der Waals surface area contributed by atoms with Crippen LogP contribution in [0.4, 0.5) is 0 Å². The Hall–Kier alpha value is -1.61. The average molecular weight is 227 g/mol. The molecule has 3 heteroatoms. The smallest absolute Gasteiger partial charge is 0.0991 e. The van der Waals surface area contributed by atoms with Crippen LogP contribution in [0.1, 0.15) is 12.0 Å². The summed E-state index contributed by atoms with van der Waals surface area (Å²) in [6.45, 7) is 2.32. The molecule has 88 valence electrons. The molecule has 3 rings (SSSR count). The number of hydrogen-bond donors (Lipinski definition) is 1. The minimum Gasteiger partial charge on any atom is -0.316 e. The fraction of sp³-hybridized carbons (Fsp3) is 0.357. The van der Waals surface area contributed by atoms with Crippen LogP contribution in [-0.2, 0) is 6.42 Å². The number of imidazole rings is 1. The van der Waals surface area contributed by atoms with E-state index in [1.54, 1.807) is 0 Å². The maximum absolute atomic E-state index is 4.12. The number of hydrogen-bond acceptors (Lipinski definition) is 2. The van der Waals surface area contributed by atoms with Crippen molar-refractivity contribution >= 4 is 0 Å². The molecule has 1 atom stereocenters. The van der Waals surface area contributed by atoms with Crippen LogP contribution in [0.15, 0.2) is 43.0 Å². The second-order valence-electron chi connectivity index (χ2n) is 4.66. The summed E-state index contributed by atoms with van der Waals surface area (Å²) >= 11 is 0. The zero-order valence-corrected chi connectivity index (χ0v) is 9.84. The van der Waals surface area contributed by atoms with Gasteiger partial charge in [0.05, 0.1) is 6.33 Å². The third-order valence-corrected chi connectivity index (χ3v) is 3.45. The topological polar surface area (TPSA) is 29.9 Å². The molecule has 0 spiro atoms. The Kier molecular flexibility index (Phi) is 2.92. The van der Waals surface area contributed by atoms with Crippen molar-refractivity contribution in [3.63, 3.8) is 0 Å². The van der Waals surface area contributed by atoms with Crippen molar-refractivity contribution in [3.05, 3.63) is 48.5 Å². The van der Waals surface area contributed by atoms with Gasteiger partial charge in [-0.1, -0.05) is 18.2 Å². The van der Waals surface area contributed by atoms with Gasteiger partial charge in [-0.3, -0.25) is 0 Å². The SMILES string of the molecule is c1ccc(-n2ccnc2)c(CC2CCNC2)c1. The Morgan fingerprint density at radius 3 is 3.06 bits per heavy atom. The van der Waals surface area contributed by atoms with Gasteiger partial charge in [0.1, 0.15) is 0 Å². The molecule has 0 bridgehead atoms. The van der Waals surface area contributed by atoms with Crippen molar-refractivity contribution in [2.45, 2.75) is 12.8 Å². The first kappa shape index (κ1) is 10.5. The molecule has 0 aliphatic carbocycles. The zero-order chi connectivity index (χ0) is 11.5. The third kappa shape index (κ3) is 2.24. The van der Waals surface area contributed by atoms with Crippen LogP contribution in [-0.4, -0.2) is 22.6 Å². The first-order valence-electron chi connectivity index (χ1n) is 6.20. The van der Waals surface area contributed by atoms with Crippen LogP contribution >= 0.6 is 0 Å².